The van der Waals surface area contributed by atoms with Crippen LogP contribution in [0, 0.1) is 17.8 Å². The first-order chi connectivity index (χ1) is 7.95. The van der Waals surface area contributed by atoms with Crippen molar-refractivity contribution >= 4 is 0 Å². The lowest BCUT2D eigenvalue weighted by molar-refractivity contribution is 0.344. The lowest BCUT2D eigenvalue weighted by atomic mass is 9.73. The fourth-order valence-electron chi connectivity index (χ4n) is 2.84. The van der Waals surface area contributed by atoms with E-state index in [2.05, 4.69) is 66.1 Å². The van der Waals surface area contributed by atoms with E-state index >= 15 is 0 Å². The lowest BCUT2D eigenvalue weighted by Gasteiger charge is -2.35. The maximum atomic E-state index is 3.57. The molecule has 0 bridgehead atoms. The molecule has 0 saturated heterocycles. The van der Waals surface area contributed by atoms with Crippen molar-refractivity contribution < 1.29 is 0 Å². The van der Waals surface area contributed by atoms with Crippen LogP contribution in [-0.4, -0.2) is 12.6 Å². The van der Waals surface area contributed by atoms with Gasteiger partial charge in [-0.2, -0.15) is 0 Å². The Labute approximate surface area is 96.9 Å². The third-order valence-electron chi connectivity index (χ3n) is 3.67. The van der Waals surface area contributed by atoms with E-state index in [-0.39, 0.29) is 0 Å². The van der Waals surface area contributed by atoms with Crippen LogP contribution in [0.2, 0.25) is 0 Å². The van der Waals surface area contributed by atoms with Gasteiger partial charge in [0.15, 0.2) is 0 Å². The van der Waals surface area contributed by atoms with Crippen molar-refractivity contribution in [3.63, 3.8) is 0 Å². The summed E-state index contributed by atoms with van der Waals surface area (Å²) in [6, 6.07) is 0.485. The van der Waals surface area contributed by atoms with Crippen molar-refractivity contribution in [2.75, 3.05) is 6.54 Å². The Hall–Kier alpha value is -1.34. The Kier molecular flexibility index (Phi) is 2.63. The zero-order valence-electron chi connectivity index (χ0n) is 9.29. The molecule has 3 rings (SSSR count). The molecule has 0 aromatic rings. The average Bonchev–Trinajstić information content (AvgIpc) is 2.33. The molecule has 16 heavy (non-hydrogen) atoms. The molecule has 1 heterocycles. The predicted octanol–water partition coefficient (Wildman–Crippen LogP) is 2.62. The van der Waals surface area contributed by atoms with E-state index in [1.54, 1.807) is 0 Å². The molecule has 1 aliphatic heterocycles. The molecule has 82 valence electrons. The van der Waals surface area contributed by atoms with Gasteiger partial charge in [-0.3, -0.25) is 0 Å². The molecule has 0 spiro atoms. The van der Waals surface area contributed by atoms with Gasteiger partial charge in [0.25, 0.3) is 0 Å². The van der Waals surface area contributed by atoms with E-state index in [1.807, 2.05) is 0 Å². The summed E-state index contributed by atoms with van der Waals surface area (Å²) in [5, 5.41) is 3.57. The van der Waals surface area contributed by atoms with Crippen LogP contribution < -0.4 is 5.32 Å². The molecule has 0 amide bonds. The summed E-state index contributed by atoms with van der Waals surface area (Å²) in [5.74, 6) is 1.75. The van der Waals surface area contributed by atoms with Crippen LogP contribution in [0.25, 0.3) is 0 Å². The summed E-state index contributed by atoms with van der Waals surface area (Å²) < 4.78 is 0. The fourth-order valence-corrected chi connectivity index (χ4v) is 2.84. The minimum Gasteiger partial charge on any atom is -0.306 e. The van der Waals surface area contributed by atoms with Crippen molar-refractivity contribution in [1.82, 2.24) is 5.32 Å². The summed E-state index contributed by atoms with van der Waals surface area (Å²) in [5.41, 5.74) is 0. The summed E-state index contributed by atoms with van der Waals surface area (Å²) in [6.07, 6.45) is 22.6. The quantitative estimate of drug-likeness (QED) is 0.607. The van der Waals surface area contributed by atoms with Crippen LogP contribution in [0.3, 0.4) is 0 Å². The van der Waals surface area contributed by atoms with Gasteiger partial charge in [0, 0.05) is 24.4 Å². The largest absolute Gasteiger partial charge is 0.306 e. The topological polar surface area (TPSA) is 12.0 Å². The first-order valence-corrected chi connectivity index (χ1v) is 6.05. The van der Waals surface area contributed by atoms with Crippen LogP contribution in [0.15, 0.2) is 60.8 Å². The highest BCUT2D eigenvalue weighted by Crippen LogP contribution is 2.33. The fraction of sp³-hybridized carbons (Fsp3) is 0.333. The maximum absolute atomic E-state index is 3.57. The third kappa shape index (κ3) is 1.72. The van der Waals surface area contributed by atoms with E-state index in [1.165, 1.54) is 0 Å². The molecule has 0 aromatic carbocycles. The minimum atomic E-state index is 0.485. The zero-order chi connectivity index (χ0) is 10.8. The number of rotatable bonds is 0. The van der Waals surface area contributed by atoms with Gasteiger partial charge in [-0.15, -0.1) is 0 Å². The Morgan fingerprint density at radius 1 is 0.750 bits per heavy atom. The average molecular weight is 211 g/mol. The minimum absolute atomic E-state index is 0.485. The Morgan fingerprint density at radius 2 is 1.50 bits per heavy atom. The van der Waals surface area contributed by atoms with Crippen LogP contribution in [0.5, 0.6) is 0 Å². The van der Waals surface area contributed by atoms with Crippen molar-refractivity contribution in [3.05, 3.63) is 60.8 Å². The standard InChI is InChI=1S/C15H17N/c1-2-8-13-12(6-1)7-5-11-16-15-10-4-3-9-14(13)15/h1-10,12-16H,11H2. The Balaban J connectivity index is 1.95. The highest BCUT2D eigenvalue weighted by Gasteiger charge is 2.30. The van der Waals surface area contributed by atoms with Gasteiger partial charge >= 0.3 is 0 Å². The molecule has 0 fully saturated rings. The summed E-state index contributed by atoms with van der Waals surface area (Å²) >= 11 is 0. The highest BCUT2D eigenvalue weighted by atomic mass is 14.9. The van der Waals surface area contributed by atoms with Gasteiger partial charge in [0.2, 0.25) is 0 Å². The molecule has 2 aliphatic carbocycles. The SMILES string of the molecule is C1=CC2C=CCNC3C=CC=CC3C2C=C1. The number of hydrogen-bond acceptors (Lipinski definition) is 1. The molecule has 1 heteroatoms. The first-order valence-electron chi connectivity index (χ1n) is 6.05. The van der Waals surface area contributed by atoms with E-state index in [4.69, 9.17) is 0 Å². The number of fused-ring (bicyclic) bond motifs is 3. The van der Waals surface area contributed by atoms with E-state index in [0.717, 1.165) is 6.54 Å². The van der Waals surface area contributed by atoms with Crippen LogP contribution in [-0.2, 0) is 0 Å². The second-order valence-electron chi connectivity index (χ2n) is 4.63. The monoisotopic (exact) mass is 211 g/mol. The van der Waals surface area contributed by atoms with Gasteiger partial charge in [-0.25, -0.2) is 0 Å². The molecule has 0 saturated carbocycles. The van der Waals surface area contributed by atoms with Crippen molar-refractivity contribution in [2.45, 2.75) is 6.04 Å². The van der Waals surface area contributed by atoms with Crippen molar-refractivity contribution in [1.29, 1.82) is 0 Å². The van der Waals surface area contributed by atoms with Crippen LogP contribution in [0.4, 0.5) is 0 Å². The zero-order valence-corrected chi connectivity index (χ0v) is 9.29. The smallest absolute Gasteiger partial charge is 0.0324 e. The van der Waals surface area contributed by atoms with Gasteiger partial charge in [-0.05, 0) is 5.92 Å². The molecule has 0 aromatic heterocycles. The molecule has 0 radical (unpaired) electrons. The molecular formula is C15H17N. The Morgan fingerprint density at radius 3 is 2.44 bits per heavy atom. The Bertz CT molecular complexity index is 398. The number of allylic oxidation sites excluding steroid dienone is 7. The van der Waals surface area contributed by atoms with E-state index < -0.39 is 0 Å². The molecular weight excluding hydrogens is 194 g/mol. The second kappa shape index (κ2) is 4.26. The predicted molar refractivity (Wildman–Crippen MR) is 68.0 cm³/mol. The molecule has 3 aliphatic rings. The molecule has 4 atom stereocenters. The van der Waals surface area contributed by atoms with E-state index in [9.17, 15) is 0 Å². The molecule has 4 unspecified atom stereocenters. The van der Waals surface area contributed by atoms with Gasteiger partial charge in [-0.1, -0.05) is 60.8 Å². The summed E-state index contributed by atoms with van der Waals surface area (Å²) in [7, 11) is 0. The van der Waals surface area contributed by atoms with Crippen LogP contribution in [0.1, 0.15) is 0 Å². The summed E-state index contributed by atoms with van der Waals surface area (Å²) in [6.45, 7) is 0.972. The molecule has 1 nitrogen and oxygen atoms in total. The summed E-state index contributed by atoms with van der Waals surface area (Å²) in [4.78, 5) is 0. The highest BCUT2D eigenvalue weighted by molar-refractivity contribution is 5.27. The van der Waals surface area contributed by atoms with Crippen molar-refractivity contribution in [2.24, 2.45) is 17.8 Å². The van der Waals surface area contributed by atoms with Crippen molar-refractivity contribution in [3.8, 4) is 0 Å². The number of nitrogens with one attached hydrogen (secondary N) is 1. The second-order valence-corrected chi connectivity index (χ2v) is 4.63. The number of hydrogen-bond donors (Lipinski definition) is 1. The normalized spacial score (nSPS) is 40.0. The van der Waals surface area contributed by atoms with Gasteiger partial charge in [0.05, 0.1) is 0 Å². The lowest BCUT2D eigenvalue weighted by Crippen LogP contribution is -2.41. The maximum Gasteiger partial charge on any atom is 0.0324 e. The first kappa shape index (κ1) is 9.86. The van der Waals surface area contributed by atoms with E-state index in [0.29, 0.717) is 23.8 Å². The third-order valence-corrected chi connectivity index (χ3v) is 3.67. The van der Waals surface area contributed by atoms with Gasteiger partial charge in [0.1, 0.15) is 0 Å². The van der Waals surface area contributed by atoms with Crippen LogP contribution >= 0.6 is 0 Å². The van der Waals surface area contributed by atoms with Gasteiger partial charge < -0.3 is 5.32 Å². The molecule has 1 N–H and O–H groups in total.